The summed E-state index contributed by atoms with van der Waals surface area (Å²) in [6.45, 7) is 6.86. The quantitative estimate of drug-likeness (QED) is 0.589. The third-order valence-electron chi connectivity index (χ3n) is 4.36. The molecule has 0 saturated heterocycles. The number of ketones is 1. The zero-order chi connectivity index (χ0) is 21.9. The normalized spacial score (nSPS) is 11.0. The van der Waals surface area contributed by atoms with E-state index in [0.717, 1.165) is 16.7 Å². The molecular weight excluding hydrogens is 383 g/mol. The van der Waals surface area contributed by atoms with Crippen molar-refractivity contribution in [2.75, 3.05) is 0 Å². The number of pyridine rings is 1. The molecule has 3 rings (SSSR count). The van der Waals surface area contributed by atoms with E-state index in [1.165, 1.54) is 25.1 Å². The number of carbonyl (C=O) groups excluding carboxylic acids is 1. The molecule has 0 aliphatic rings. The van der Waals surface area contributed by atoms with Gasteiger partial charge in [-0.25, -0.2) is 0 Å². The Bertz CT molecular complexity index is 1100. The number of aromatic nitrogens is 3. The van der Waals surface area contributed by atoms with Gasteiger partial charge in [-0.15, -0.1) is 0 Å². The van der Waals surface area contributed by atoms with Crippen molar-refractivity contribution in [3.8, 4) is 16.9 Å². The van der Waals surface area contributed by atoms with Crippen molar-refractivity contribution in [2.45, 2.75) is 33.9 Å². The van der Waals surface area contributed by atoms with Crippen LogP contribution in [-0.4, -0.2) is 20.1 Å². The second kappa shape index (κ2) is 8.46. The molecule has 2 aromatic heterocycles. The van der Waals surface area contributed by atoms with Crippen LogP contribution in [0.4, 0.5) is 13.2 Å². The molecule has 0 aliphatic heterocycles. The fourth-order valence-corrected chi connectivity index (χ4v) is 2.99. The highest BCUT2D eigenvalue weighted by atomic mass is 19.4. The van der Waals surface area contributed by atoms with E-state index in [2.05, 4.69) is 5.10 Å². The Morgan fingerprint density at radius 1 is 1.10 bits per heavy atom. The van der Waals surface area contributed by atoms with Crippen molar-refractivity contribution in [1.29, 1.82) is 0 Å². The molecule has 0 radical (unpaired) electrons. The van der Waals surface area contributed by atoms with Gasteiger partial charge in [0.25, 0.3) is 5.56 Å². The lowest BCUT2D eigenvalue weighted by Gasteiger charge is -2.17. The van der Waals surface area contributed by atoms with Crippen LogP contribution in [0.15, 0.2) is 47.4 Å². The van der Waals surface area contributed by atoms with Gasteiger partial charge in [-0.05, 0) is 44.2 Å². The van der Waals surface area contributed by atoms with Crippen LogP contribution in [-0.2, 0) is 13.2 Å². The minimum atomic E-state index is -4.55. The van der Waals surface area contributed by atoms with Gasteiger partial charge in [0.1, 0.15) is 0 Å². The van der Waals surface area contributed by atoms with Gasteiger partial charge in [-0.3, -0.25) is 18.8 Å². The number of halogens is 3. The maximum Gasteiger partial charge on any atom is 0.416 e. The van der Waals surface area contributed by atoms with E-state index in [-0.39, 0.29) is 11.3 Å². The Hall–Kier alpha value is -3.16. The second-order valence-corrected chi connectivity index (χ2v) is 6.14. The Morgan fingerprint density at radius 2 is 1.76 bits per heavy atom. The molecule has 2 heterocycles. The highest BCUT2D eigenvalue weighted by molar-refractivity contribution is 5.95. The first kappa shape index (κ1) is 22.1. The summed E-state index contributed by atoms with van der Waals surface area (Å²) in [7, 11) is 1.70. The Morgan fingerprint density at radius 3 is 2.28 bits per heavy atom. The zero-order valence-corrected chi connectivity index (χ0v) is 16.8. The van der Waals surface area contributed by atoms with Crippen LogP contribution < -0.4 is 5.56 Å². The van der Waals surface area contributed by atoms with E-state index < -0.39 is 23.1 Å². The zero-order valence-electron chi connectivity index (χ0n) is 16.8. The lowest BCUT2D eigenvalue weighted by molar-refractivity contribution is -0.137. The monoisotopic (exact) mass is 405 g/mol. The fraction of sp³-hybridized carbons (Fsp3) is 0.286. The molecule has 0 atom stereocenters. The summed E-state index contributed by atoms with van der Waals surface area (Å²) in [4.78, 5) is 24.8. The van der Waals surface area contributed by atoms with Gasteiger partial charge in [-0.2, -0.15) is 18.3 Å². The molecule has 0 N–H and O–H groups in total. The standard InChI is InChI=1S/C19H16F3N3O2.C2H6/c1-11-15(17-7-8-23-24(17)3)10-16(12(2)26)18(27)25(11)14-6-4-5-13(9-14)19(20,21)22;1-2/h4-10H,1-3H3;1-2H3. The van der Waals surface area contributed by atoms with Crippen LogP contribution in [0.1, 0.15) is 42.4 Å². The van der Waals surface area contributed by atoms with E-state index in [4.69, 9.17) is 0 Å². The smallest absolute Gasteiger partial charge is 0.294 e. The first-order chi connectivity index (χ1) is 13.6. The van der Waals surface area contributed by atoms with Gasteiger partial charge < -0.3 is 0 Å². The van der Waals surface area contributed by atoms with Crippen molar-refractivity contribution in [1.82, 2.24) is 14.3 Å². The molecule has 154 valence electrons. The van der Waals surface area contributed by atoms with Gasteiger partial charge in [0, 0.05) is 30.2 Å². The largest absolute Gasteiger partial charge is 0.416 e. The molecular formula is C21H22F3N3O2. The molecule has 8 heteroatoms. The predicted octanol–water partition coefficient (Wildman–Crippen LogP) is 4.79. The summed E-state index contributed by atoms with van der Waals surface area (Å²) in [5.74, 6) is -0.468. The van der Waals surface area contributed by atoms with E-state index in [1.807, 2.05) is 13.8 Å². The van der Waals surface area contributed by atoms with Crippen molar-refractivity contribution >= 4 is 5.78 Å². The molecule has 1 aromatic carbocycles. The maximum absolute atomic E-state index is 13.1. The average Bonchev–Trinajstić information content (AvgIpc) is 3.09. The van der Waals surface area contributed by atoms with Gasteiger partial charge in [0.15, 0.2) is 5.78 Å². The Labute approximate surface area is 166 Å². The van der Waals surface area contributed by atoms with Crippen LogP contribution in [0.2, 0.25) is 0 Å². The first-order valence-electron chi connectivity index (χ1n) is 9.05. The molecule has 0 fully saturated rings. The number of rotatable bonds is 3. The highest BCUT2D eigenvalue weighted by Gasteiger charge is 2.31. The Balaban J connectivity index is 0.00000145. The predicted molar refractivity (Wildman–Crippen MR) is 105 cm³/mol. The van der Waals surface area contributed by atoms with Crippen LogP contribution in [0.3, 0.4) is 0 Å². The van der Waals surface area contributed by atoms with Gasteiger partial charge in [-0.1, -0.05) is 19.9 Å². The number of hydrogen-bond donors (Lipinski definition) is 0. The van der Waals surface area contributed by atoms with Gasteiger partial charge >= 0.3 is 6.18 Å². The lowest BCUT2D eigenvalue weighted by atomic mass is 10.0. The van der Waals surface area contributed by atoms with Gasteiger partial charge in [0.05, 0.1) is 16.8 Å². The lowest BCUT2D eigenvalue weighted by Crippen LogP contribution is -2.27. The fourth-order valence-electron chi connectivity index (χ4n) is 2.99. The topological polar surface area (TPSA) is 56.9 Å². The van der Waals surface area contributed by atoms with Crippen LogP contribution in [0, 0.1) is 6.92 Å². The molecule has 0 bridgehead atoms. The van der Waals surface area contributed by atoms with Crippen molar-refractivity contribution < 1.29 is 18.0 Å². The van der Waals surface area contributed by atoms with Crippen LogP contribution in [0.25, 0.3) is 16.9 Å². The number of carbonyl (C=O) groups is 1. The summed E-state index contributed by atoms with van der Waals surface area (Å²) >= 11 is 0. The van der Waals surface area contributed by atoms with Crippen molar-refractivity contribution in [2.24, 2.45) is 7.05 Å². The van der Waals surface area contributed by atoms with E-state index in [1.54, 1.807) is 30.9 Å². The second-order valence-electron chi connectivity index (χ2n) is 6.14. The molecule has 5 nitrogen and oxygen atoms in total. The summed E-state index contributed by atoms with van der Waals surface area (Å²) in [6, 6.07) is 7.62. The molecule has 0 spiro atoms. The molecule has 3 aromatic rings. The number of aryl methyl sites for hydroxylation is 1. The molecule has 0 unspecified atom stereocenters. The summed E-state index contributed by atoms with van der Waals surface area (Å²) < 4.78 is 42.0. The molecule has 0 amide bonds. The summed E-state index contributed by atoms with van der Waals surface area (Å²) in [5, 5.41) is 4.08. The minimum Gasteiger partial charge on any atom is -0.294 e. The number of nitrogens with zero attached hydrogens (tertiary/aromatic N) is 3. The molecule has 0 aliphatic carbocycles. The third kappa shape index (κ3) is 4.31. The van der Waals surface area contributed by atoms with E-state index >= 15 is 0 Å². The molecule has 0 saturated carbocycles. The average molecular weight is 405 g/mol. The van der Waals surface area contributed by atoms with E-state index in [0.29, 0.717) is 17.0 Å². The van der Waals surface area contributed by atoms with Crippen LogP contribution in [0.5, 0.6) is 0 Å². The maximum atomic E-state index is 13.1. The highest BCUT2D eigenvalue weighted by Crippen LogP contribution is 2.31. The van der Waals surface area contributed by atoms with Gasteiger partial charge in [0.2, 0.25) is 0 Å². The molecule has 29 heavy (non-hydrogen) atoms. The number of benzene rings is 1. The SMILES string of the molecule is CC.CC(=O)c1cc(-c2ccnn2C)c(C)n(-c2cccc(C(F)(F)F)c2)c1=O. The number of hydrogen-bond acceptors (Lipinski definition) is 3. The number of Topliss-reactive ketones (excluding diaryl/α,β-unsaturated/α-hetero) is 1. The summed E-state index contributed by atoms with van der Waals surface area (Å²) in [6.07, 6.45) is -2.99. The van der Waals surface area contributed by atoms with E-state index in [9.17, 15) is 22.8 Å². The summed E-state index contributed by atoms with van der Waals surface area (Å²) in [5.41, 5.74) is -0.0132. The number of alkyl halides is 3. The first-order valence-corrected chi connectivity index (χ1v) is 9.05. The Kier molecular flexibility index (Phi) is 6.46. The van der Waals surface area contributed by atoms with Crippen molar-refractivity contribution in [3.05, 3.63) is 69.8 Å². The van der Waals surface area contributed by atoms with Crippen LogP contribution >= 0.6 is 0 Å². The minimum absolute atomic E-state index is 0.0406. The van der Waals surface area contributed by atoms with Crippen molar-refractivity contribution in [3.63, 3.8) is 0 Å². The third-order valence-corrected chi connectivity index (χ3v) is 4.36.